The number of rotatable bonds is 41. The molecule has 0 bridgehead atoms. The van der Waals surface area contributed by atoms with Crippen molar-refractivity contribution in [3.05, 3.63) is 183 Å². The third-order valence-electron chi connectivity index (χ3n) is 24.9. The number of nitrogens with two attached hydrogens (primary N) is 1. The first-order valence-electron chi connectivity index (χ1n) is 45.2. The van der Waals surface area contributed by atoms with E-state index < -0.39 is 39.7 Å². The number of hydrogen-bond donors (Lipinski definition) is 3. The van der Waals surface area contributed by atoms with Gasteiger partial charge in [0.2, 0.25) is 0 Å². The fraction of sp³-hybridized carbons (Fsp3) is 0.500. The second kappa shape index (κ2) is 48.6. The number of aliphatic hydroxyl groups is 1. The quantitative estimate of drug-likeness (QED) is 0.00610. The number of carbonyl (C=O) groups excluding carboxylic acids is 7. The lowest BCUT2D eigenvalue weighted by molar-refractivity contribution is -0.385. The highest BCUT2D eigenvalue weighted by molar-refractivity contribution is 8.77. The average molecular weight is 1960 g/mol. The number of nitro groups is 1. The van der Waals surface area contributed by atoms with Crippen molar-refractivity contribution in [2.75, 3.05) is 130 Å². The molecule has 0 aliphatic carbocycles. The zero-order chi connectivity index (χ0) is 97.5. The van der Waals surface area contributed by atoms with Crippen molar-refractivity contribution in [2.45, 2.75) is 209 Å². The summed E-state index contributed by atoms with van der Waals surface area (Å²) < 4.78 is 65.6. The van der Waals surface area contributed by atoms with Crippen molar-refractivity contribution >= 4 is 118 Å². The number of fused-ring (bicyclic) bond motifs is 4. The number of benzene rings is 4. The molecule has 0 radical (unpaired) electrons. The Bertz CT molecular complexity index is 5240. The molecule has 0 unspecified atom stereocenters. The largest absolute Gasteiger partial charge is 0.493 e. The maximum absolute atomic E-state index is 14.5. The number of amides is 5. The molecule has 4 aromatic carbocycles. The van der Waals surface area contributed by atoms with E-state index in [9.17, 15) is 43.7 Å². The summed E-state index contributed by atoms with van der Waals surface area (Å²) in [6.07, 6.45) is 10.6. The molecular formula is C98H131N9O21S4Si2. The van der Waals surface area contributed by atoms with Gasteiger partial charge in [-0.3, -0.25) is 44.2 Å². The normalized spacial score (nSPS) is 17.2. The van der Waals surface area contributed by atoms with Gasteiger partial charge in [-0.25, -0.2) is 14.8 Å². The second-order valence-corrected chi connectivity index (χ2v) is 51.6. The number of carbonyl (C=O) groups is 7. The predicted octanol–water partition coefficient (Wildman–Crippen LogP) is 18.8. The van der Waals surface area contributed by atoms with E-state index in [0.717, 1.165) is 65.2 Å². The van der Waals surface area contributed by atoms with E-state index in [1.807, 2.05) is 24.1 Å². The van der Waals surface area contributed by atoms with Crippen LogP contribution in [0, 0.1) is 17.0 Å². The molecule has 6 aliphatic heterocycles. The van der Waals surface area contributed by atoms with Gasteiger partial charge in [0.1, 0.15) is 16.2 Å². The maximum Gasteiger partial charge on any atom is 0.411 e. The number of likely N-dealkylation sites (tertiary alicyclic amines) is 2. The number of Topliss-reactive ketones (excluding diaryl/α,β-unsaturated/α-hetero) is 2. The lowest BCUT2D eigenvalue weighted by atomic mass is 9.99. The minimum absolute atomic E-state index is 0.00983. The molecule has 134 heavy (non-hydrogen) atoms. The topological polar surface area (TPSA) is 361 Å². The minimum Gasteiger partial charge on any atom is -0.493 e. The number of pyridine rings is 2. The van der Waals surface area contributed by atoms with Crippen LogP contribution in [0.1, 0.15) is 177 Å². The number of ether oxygens (including phenoxy) is 9. The second-order valence-electron chi connectivity index (χ2n) is 37.1. The van der Waals surface area contributed by atoms with E-state index >= 15 is 0 Å². The lowest BCUT2D eigenvalue weighted by Gasteiger charge is -2.38. The number of unbranched alkanes of at least 4 members (excludes halogenated alkanes) is 4. The Kier molecular flexibility index (Phi) is 38.4. The van der Waals surface area contributed by atoms with Crippen molar-refractivity contribution < 1.29 is 95.1 Å². The number of aromatic nitrogens is 2. The van der Waals surface area contributed by atoms with Gasteiger partial charge >= 0.3 is 6.09 Å². The van der Waals surface area contributed by atoms with Gasteiger partial charge in [0.15, 0.2) is 74.2 Å². The maximum atomic E-state index is 14.5. The Hall–Kier alpha value is -10.1. The molecule has 0 spiro atoms. The first-order chi connectivity index (χ1) is 63.7. The number of nitrogen functional groups attached to an aromatic ring is 1. The SMILES string of the molecule is C=C1C[C@@H](CO[Si](C)(C)C(C)(C)C)N(C(=O)c2cc(OC)c(OCCCCCOc3cc4c(cc3OC)C(=O)N3CC(=C)C[C@H]3C(=O)C4)cc2N)C1.C=C1C[C@@H](CO[Si](C)(C)C(C)(C)C)N(C(=O)c2cc(OC)c(OCCCCCOc3cc4c(cc3OC)C(=O)N3CC(=C)C[C@H]3C(=O)C4)cc2NC(=O)OCCCSSc2ccc([N+](=O)[O-])cn2)C1.Cc1ccc(SSCCCO)nc1. The molecule has 5 amide bonds. The van der Waals surface area contributed by atoms with Crippen molar-refractivity contribution in [3.63, 3.8) is 0 Å². The Balaban J connectivity index is 0.000000251. The van der Waals surface area contributed by atoms with Gasteiger partial charge in [0, 0.05) is 98.3 Å². The van der Waals surface area contributed by atoms with Crippen LogP contribution in [0.25, 0.3) is 0 Å². The number of aliphatic hydroxyl groups excluding tert-OH is 1. The molecule has 36 heteroatoms. The summed E-state index contributed by atoms with van der Waals surface area (Å²) in [5.74, 6) is 4.03. The third-order valence-corrected chi connectivity index (χ3v) is 38.6. The van der Waals surface area contributed by atoms with E-state index in [1.54, 1.807) is 98.0 Å². The number of methoxy groups -OCH3 is 4. The number of ketones is 2. The van der Waals surface area contributed by atoms with E-state index in [4.69, 9.17) is 62.3 Å². The van der Waals surface area contributed by atoms with Crippen LogP contribution in [0.4, 0.5) is 21.9 Å². The number of hydrogen-bond acceptors (Lipinski definition) is 28. The summed E-state index contributed by atoms with van der Waals surface area (Å²) in [4.78, 5) is 120. The molecule has 6 aromatic rings. The summed E-state index contributed by atoms with van der Waals surface area (Å²) in [5, 5.41) is 24.0. The first-order valence-corrected chi connectivity index (χ1v) is 55.7. The zero-order valence-electron chi connectivity index (χ0n) is 80.0. The molecule has 6 aliphatic rings. The van der Waals surface area contributed by atoms with Crippen LogP contribution in [0.15, 0.2) is 144 Å². The van der Waals surface area contributed by atoms with Crippen molar-refractivity contribution in [1.82, 2.24) is 29.6 Å². The fourth-order valence-corrected chi connectivity index (χ4v) is 21.2. The molecule has 4 fully saturated rings. The van der Waals surface area contributed by atoms with Crippen LogP contribution in [-0.4, -0.2) is 241 Å². The van der Waals surface area contributed by atoms with Gasteiger partial charge in [0.05, 0.1) is 121 Å². The van der Waals surface area contributed by atoms with Crippen LogP contribution >= 0.6 is 43.2 Å². The van der Waals surface area contributed by atoms with Crippen molar-refractivity contribution in [2.24, 2.45) is 0 Å². The van der Waals surface area contributed by atoms with Crippen molar-refractivity contribution in [3.8, 4) is 46.0 Å². The van der Waals surface area contributed by atoms with Crippen molar-refractivity contribution in [1.29, 1.82) is 0 Å². The Morgan fingerprint density at radius 2 is 0.940 bits per heavy atom. The molecular weight excluding hydrogens is 1820 g/mol. The first kappa shape index (κ1) is 106. The van der Waals surface area contributed by atoms with Gasteiger partial charge in [-0.15, -0.1) is 0 Å². The van der Waals surface area contributed by atoms with Crippen LogP contribution in [-0.2, 0) is 36.0 Å². The fourth-order valence-electron chi connectivity index (χ4n) is 15.3. The Morgan fingerprint density at radius 1 is 0.530 bits per heavy atom. The average Bonchev–Trinajstić information content (AvgIpc) is 1.63. The van der Waals surface area contributed by atoms with Crippen LogP contribution < -0.4 is 48.9 Å². The summed E-state index contributed by atoms with van der Waals surface area (Å²) in [7, 11) is 8.17. The lowest BCUT2D eigenvalue weighted by Crippen LogP contribution is -2.46. The van der Waals surface area contributed by atoms with Gasteiger partial charge in [0.25, 0.3) is 29.3 Å². The van der Waals surface area contributed by atoms with Gasteiger partial charge in [-0.1, -0.05) is 118 Å². The number of anilines is 2. The predicted molar refractivity (Wildman–Crippen MR) is 532 cm³/mol. The smallest absolute Gasteiger partial charge is 0.411 e. The van der Waals surface area contributed by atoms with E-state index in [-0.39, 0.29) is 107 Å². The van der Waals surface area contributed by atoms with E-state index in [0.29, 0.717) is 194 Å². The van der Waals surface area contributed by atoms with Gasteiger partial charge in [-0.05, 0) is 207 Å². The summed E-state index contributed by atoms with van der Waals surface area (Å²) in [5.41, 5.74) is 14.4. The molecule has 4 saturated heterocycles. The zero-order valence-corrected chi connectivity index (χ0v) is 85.2. The number of nitrogens with one attached hydrogen (secondary N) is 1. The van der Waals surface area contributed by atoms with E-state index in [1.165, 1.54) is 60.7 Å². The minimum atomic E-state index is -2.14. The summed E-state index contributed by atoms with van der Waals surface area (Å²) in [6.45, 7) is 44.4. The number of aryl methyl sites for hydroxylation is 1. The highest BCUT2D eigenvalue weighted by Gasteiger charge is 2.45. The van der Waals surface area contributed by atoms with Crippen LogP contribution in [0.5, 0.6) is 46.0 Å². The molecule has 0 saturated carbocycles. The van der Waals surface area contributed by atoms with E-state index in [2.05, 4.69) is 115 Å². The van der Waals surface area contributed by atoms with Crippen LogP contribution in [0.2, 0.25) is 36.3 Å². The molecule has 726 valence electrons. The molecule has 30 nitrogen and oxygen atoms in total. The third kappa shape index (κ3) is 28.3. The molecule has 12 rings (SSSR count). The Morgan fingerprint density at radius 3 is 1.36 bits per heavy atom. The van der Waals surface area contributed by atoms with Gasteiger partial charge in [-0.2, -0.15) is 0 Å². The molecule has 4 N–H and O–H groups in total. The summed E-state index contributed by atoms with van der Waals surface area (Å²) >= 11 is 0. The molecule has 2 aromatic heterocycles. The Labute approximate surface area is 805 Å². The standard InChI is InChI=1S/C49H63N5O12S2Si.C40H55N3O8Si.C9H13NOS2/c1-31-20-35(30-66-69(8,9)49(3,4)5)52(28-31)47(57)37-25-42(62-7)44(26-38(37)51-48(58)65-18-13-19-67-68-45-15-14-34(27-50-45)54(59)60)64-17-12-10-11-16-63-43-23-33-22-40(55)39-21-32(2)29-53(39)46(56)36(33)24-41(43)61-6;1-25-15-28(24-51-52(8,9)40(3,4)5)42(22-25)39(46)30-20-35(48-7)37(21-31(30)41)50-14-12-10-11-13-49-36-18-27-17-33(44)32-16-26(2)23-43(32)38(45)29(27)19-34(36)47-6;1-8-3-4-9(10-7-8)13-12-6-2-5-11/h14-15,23-27,35,39H,1-2,10-13,16-22,28-30H2,3-9H3,(H,51,58);18-21,28,32H,1-2,10-17,22-24,41H2,3-9H3;3-4,7,11H,2,5-6H2,1H3/t35-,39-;28-,32-;/m00./s1. The molecule has 8 heterocycles. The highest BCUT2D eigenvalue weighted by atomic mass is 33.1. The highest BCUT2D eigenvalue weighted by Crippen LogP contribution is 2.45. The number of nitrogens with zero attached hydrogens (tertiary/aromatic N) is 7. The van der Waals surface area contributed by atoms with Crippen LogP contribution in [0.3, 0.4) is 0 Å². The molecule has 4 atom stereocenters. The monoisotopic (exact) mass is 1950 g/mol. The summed E-state index contributed by atoms with van der Waals surface area (Å²) in [6, 6.07) is 19.0. The van der Waals surface area contributed by atoms with Gasteiger partial charge < -0.3 is 81.9 Å².